The van der Waals surface area contributed by atoms with E-state index in [9.17, 15) is 0 Å². The number of hydrogen-bond donors (Lipinski definition) is 1. The first-order valence-electron chi connectivity index (χ1n) is 7.38. The van der Waals surface area contributed by atoms with Gasteiger partial charge in [0.25, 0.3) is 0 Å². The van der Waals surface area contributed by atoms with Gasteiger partial charge in [-0.3, -0.25) is 0 Å². The Balaban J connectivity index is 1.91. The van der Waals surface area contributed by atoms with E-state index in [0.29, 0.717) is 12.5 Å². The largest absolute Gasteiger partial charge is 0.470 e. The molecule has 2 heterocycles. The summed E-state index contributed by atoms with van der Waals surface area (Å²) < 4.78 is 13.3. The van der Waals surface area contributed by atoms with Gasteiger partial charge in [0.1, 0.15) is 18.1 Å². The lowest BCUT2D eigenvalue weighted by Crippen LogP contribution is -2.18. The molecule has 5 nitrogen and oxygen atoms in total. The Hall–Kier alpha value is -1.75. The Morgan fingerprint density at radius 1 is 1.33 bits per heavy atom. The molecule has 0 aliphatic heterocycles. The van der Waals surface area contributed by atoms with E-state index in [1.807, 2.05) is 26.1 Å². The highest BCUT2D eigenvalue weighted by atomic mass is 16.5. The lowest BCUT2D eigenvalue weighted by molar-refractivity contribution is 0.245. The highest BCUT2D eigenvalue weighted by Gasteiger charge is 2.10. The second-order valence-corrected chi connectivity index (χ2v) is 5.88. The molecule has 0 aromatic carbocycles. The van der Waals surface area contributed by atoms with Crippen molar-refractivity contribution in [2.45, 2.75) is 40.8 Å². The van der Waals surface area contributed by atoms with E-state index in [1.54, 1.807) is 4.68 Å². The number of ether oxygens (including phenoxy) is 1. The first-order valence-corrected chi connectivity index (χ1v) is 7.38. The maximum Gasteiger partial charge on any atom is 0.212 e. The SMILES string of the molecule is Cc1cc(OCc2cc(C)c(CNCC(C)C)o2)n(C)n1. The van der Waals surface area contributed by atoms with Crippen molar-refractivity contribution in [2.24, 2.45) is 13.0 Å². The summed E-state index contributed by atoms with van der Waals surface area (Å²) in [6.45, 7) is 10.6. The number of nitrogens with one attached hydrogen (secondary N) is 1. The zero-order valence-corrected chi connectivity index (χ0v) is 13.6. The summed E-state index contributed by atoms with van der Waals surface area (Å²) in [5, 5.41) is 7.65. The fourth-order valence-electron chi connectivity index (χ4n) is 2.18. The van der Waals surface area contributed by atoms with E-state index >= 15 is 0 Å². The summed E-state index contributed by atoms with van der Waals surface area (Å²) in [6.07, 6.45) is 0. The maximum absolute atomic E-state index is 5.85. The van der Waals surface area contributed by atoms with Crippen molar-refractivity contribution in [1.82, 2.24) is 15.1 Å². The molecule has 0 saturated heterocycles. The van der Waals surface area contributed by atoms with E-state index in [1.165, 1.54) is 0 Å². The highest BCUT2D eigenvalue weighted by Crippen LogP contribution is 2.18. The van der Waals surface area contributed by atoms with Gasteiger partial charge in [-0.15, -0.1) is 0 Å². The summed E-state index contributed by atoms with van der Waals surface area (Å²) in [5.41, 5.74) is 2.10. The molecule has 21 heavy (non-hydrogen) atoms. The van der Waals surface area contributed by atoms with Crippen LogP contribution < -0.4 is 10.1 Å². The summed E-state index contributed by atoms with van der Waals surface area (Å²) in [5.74, 6) is 3.21. The van der Waals surface area contributed by atoms with E-state index in [4.69, 9.17) is 9.15 Å². The van der Waals surface area contributed by atoms with Crippen LogP contribution in [0.5, 0.6) is 5.88 Å². The molecule has 0 atom stereocenters. The Bertz CT molecular complexity index is 584. The molecule has 0 aliphatic rings. The summed E-state index contributed by atoms with van der Waals surface area (Å²) in [6, 6.07) is 3.95. The highest BCUT2D eigenvalue weighted by molar-refractivity contribution is 5.20. The first-order chi connectivity index (χ1) is 9.95. The second-order valence-electron chi connectivity index (χ2n) is 5.88. The minimum Gasteiger partial charge on any atom is -0.470 e. The van der Waals surface area contributed by atoms with Crippen molar-refractivity contribution in [1.29, 1.82) is 0 Å². The first kappa shape index (κ1) is 15.6. The molecule has 0 saturated carbocycles. The molecule has 0 amide bonds. The molecule has 2 aromatic rings. The third kappa shape index (κ3) is 4.36. The quantitative estimate of drug-likeness (QED) is 0.852. The van der Waals surface area contributed by atoms with Crippen LogP contribution >= 0.6 is 0 Å². The maximum atomic E-state index is 5.85. The zero-order chi connectivity index (χ0) is 15.4. The Kier molecular flexibility index (Phi) is 5.07. The topological polar surface area (TPSA) is 52.2 Å². The van der Waals surface area contributed by atoms with Crippen LogP contribution in [0.1, 0.15) is 36.6 Å². The van der Waals surface area contributed by atoms with Gasteiger partial charge in [0.05, 0.1) is 12.2 Å². The predicted octanol–water partition coefficient (Wildman–Crippen LogP) is 2.95. The number of aromatic nitrogens is 2. The van der Waals surface area contributed by atoms with Crippen LogP contribution in [0.2, 0.25) is 0 Å². The van der Waals surface area contributed by atoms with Gasteiger partial charge >= 0.3 is 0 Å². The molecule has 0 spiro atoms. The molecule has 2 rings (SSSR count). The summed E-state index contributed by atoms with van der Waals surface area (Å²) in [4.78, 5) is 0. The van der Waals surface area contributed by atoms with Crippen molar-refractivity contribution in [3.63, 3.8) is 0 Å². The molecule has 5 heteroatoms. The van der Waals surface area contributed by atoms with Gasteiger partial charge in [-0.05, 0) is 37.9 Å². The second kappa shape index (κ2) is 6.80. The lowest BCUT2D eigenvalue weighted by Gasteiger charge is -2.06. The average molecular weight is 291 g/mol. The van der Waals surface area contributed by atoms with Gasteiger partial charge in [-0.25, -0.2) is 4.68 Å². The third-order valence-corrected chi connectivity index (χ3v) is 3.23. The minimum absolute atomic E-state index is 0.421. The third-order valence-electron chi connectivity index (χ3n) is 3.23. The van der Waals surface area contributed by atoms with Gasteiger partial charge in [-0.2, -0.15) is 5.10 Å². The predicted molar refractivity (Wildman–Crippen MR) is 82.3 cm³/mol. The van der Waals surface area contributed by atoms with E-state index in [0.717, 1.165) is 41.7 Å². The molecule has 0 unspecified atom stereocenters. The van der Waals surface area contributed by atoms with E-state index in [2.05, 4.69) is 31.2 Å². The van der Waals surface area contributed by atoms with E-state index < -0.39 is 0 Å². The molecule has 0 radical (unpaired) electrons. The molecule has 2 aromatic heterocycles. The van der Waals surface area contributed by atoms with E-state index in [-0.39, 0.29) is 0 Å². The fraction of sp³-hybridized carbons (Fsp3) is 0.562. The molecular formula is C16H25N3O2. The molecule has 1 N–H and O–H groups in total. The van der Waals surface area contributed by atoms with Crippen molar-refractivity contribution >= 4 is 0 Å². The van der Waals surface area contributed by atoms with Crippen LogP contribution in [0.3, 0.4) is 0 Å². The number of aryl methyl sites for hydroxylation is 3. The molecular weight excluding hydrogens is 266 g/mol. The smallest absolute Gasteiger partial charge is 0.212 e. The fourth-order valence-corrected chi connectivity index (χ4v) is 2.18. The number of hydrogen-bond acceptors (Lipinski definition) is 4. The summed E-state index contributed by atoms with van der Waals surface area (Å²) in [7, 11) is 1.87. The number of rotatable bonds is 7. The Morgan fingerprint density at radius 3 is 2.71 bits per heavy atom. The number of furan rings is 1. The van der Waals surface area contributed by atoms with Crippen molar-refractivity contribution in [3.05, 3.63) is 34.9 Å². The van der Waals surface area contributed by atoms with Gasteiger partial charge < -0.3 is 14.5 Å². The lowest BCUT2D eigenvalue weighted by atomic mass is 10.2. The van der Waals surface area contributed by atoms with Crippen molar-refractivity contribution in [3.8, 4) is 5.88 Å². The normalized spacial score (nSPS) is 11.3. The minimum atomic E-state index is 0.421. The van der Waals surface area contributed by atoms with Crippen molar-refractivity contribution < 1.29 is 9.15 Å². The van der Waals surface area contributed by atoms with Crippen LogP contribution in [-0.2, 0) is 20.2 Å². The van der Waals surface area contributed by atoms with Gasteiger partial charge in [0.15, 0.2) is 0 Å². The van der Waals surface area contributed by atoms with Gasteiger partial charge in [0, 0.05) is 13.1 Å². The average Bonchev–Trinajstić information content (AvgIpc) is 2.90. The molecule has 0 aliphatic carbocycles. The van der Waals surface area contributed by atoms with Crippen LogP contribution in [0.15, 0.2) is 16.5 Å². The Morgan fingerprint density at radius 2 is 2.10 bits per heavy atom. The zero-order valence-electron chi connectivity index (χ0n) is 13.6. The van der Waals surface area contributed by atoms with Gasteiger partial charge in [0.2, 0.25) is 5.88 Å². The number of nitrogens with zero attached hydrogens (tertiary/aromatic N) is 2. The molecule has 0 bridgehead atoms. The Labute approximate surface area is 126 Å². The van der Waals surface area contributed by atoms with Crippen LogP contribution in [0.25, 0.3) is 0 Å². The molecule has 116 valence electrons. The monoisotopic (exact) mass is 291 g/mol. The van der Waals surface area contributed by atoms with Crippen LogP contribution in [0.4, 0.5) is 0 Å². The van der Waals surface area contributed by atoms with Crippen molar-refractivity contribution in [2.75, 3.05) is 6.54 Å². The molecule has 0 fully saturated rings. The van der Waals surface area contributed by atoms with Crippen LogP contribution in [-0.4, -0.2) is 16.3 Å². The summed E-state index contributed by atoms with van der Waals surface area (Å²) >= 11 is 0. The van der Waals surface area contributed by atoms with Crippen LogP contribution in [0, 0.1) is 19.8 Å². The van der Waals surface area contributed by atoms with Gasteiger partial charge in [-0.1, -0.05) is 13.8 Å². The standard InChI is InChI=1S/C16H25N3O2/c1-11(2)8-17-9-15-12(3)6-14(21-15)10-20-16-7-13(4)18-19(16)5/h6-7,11,17H,8-10H2,1-5H3.